The van der Waals surface area contributed by atoms with E-state index in [1.54, 1.807) is 0 Å². The molecule has 3 rings (SSSR count). The largest absolute Gasteiger partial charge is 0.350 e. The van der Waals surface area contributed by atoms with E-state index in [2.05, 4.69) is 45.5 Å². The average Bonchev–Trinajstić information content (AvgIpc) is 2.85. The number of nitrogens with zero attached hydrogens (tertiary/aromatic N) is 4. The van der Waals surface area contributed by atoms with E-state index in [0.717, 1.165) is 35.9 Å². The Hall–Kier alpha value is -2.76. The number of aryl methyl sites for hydroxylation is 2. The predicted octanol–water partition coefficient (Wildman–Crippen LogP) is 3.09. The van der Waals surface area contributed by atoms with E-state index in [1.165, 1.54) is 5.56 Å². The second-order valence-corrected chi connectivity index (χ2v) is 5.48. The summed E-state index contributed by atoms with van der Waals surface area (Å²) in [5, 5.41) is 7.57. The van der Waals surface area contributed by atoms with Crippen molar-refractivity contribution in [1.82, 2.24) is 19.7 Å². The van der Waals surface area contributed by atoms with Crippen molar-refractivity contribution in [1.29, 1.82) is 0 Å². The molecule has 0 saturated carbocycles. The molecule has 1 aromatic carbocycles. The van der Waals surface area contributed by atoms with E-state index in [1.807, 2.05) is 23.7 Å². The van der Waals surface area contributed by atoms with E-state index >= 15 is 0 Å². The summed E-state index contributed by atoms with van der Waals surface area (Å²) >= 11 is 0. The van der Waals surface area contributed by atoms with E-state index in [-0.39, 0.29) is 0 Å². The molecular formula is C17H18FN5. The Morgan fingerprint density at radius 2 is 1.83 bits per heavy atom. The summed E-state index contributed by atoms with van der Waals surface area (Å²) in [5.41, 5.74) is 4.45. The highest BCUT2D eigenvalue weighted by atomic mass is 19.1. The fourth-order valence-electron chi connectivity index (χ4n) is 2.43. The lowest BCUT2D eigenvalue weighted by Crippen LogP contribution is -2.06. The molecule has 0 saturated heterocycles. The SMILES string of the molecule is Cc1cc(C)n(Cc2cccc(CNc3ncc(F)cn3)c2)n1. The van der Waals surface area contributed by atoms with Gasteiger partial charge in [-0.15, -0.1) is 0 Å². The maximum atomic E-state index is 12.8. The van der Waals surface area contributed by atoms with Gasteiger partial charge in [-0.05, 0) is 31.0 Å². The van der Waals surface area contributed by atoms with Crippen molar-refractivity contribution in [3.63, 3.8) is 0 Å². The number of halogens is 1. The minimum atomic E-state index is -0.442. The molecule has 2 heterocycles. The minimum Gasteiger partial charge on any atom is -0.350 e. The lowest BCUT2D eigenvalue weighted by Gasteiger charge is -2.08. The highest BCUT2D eigenvalue weighted by molar-refractivity contribution is 5.29. The molecule has 0 aliphatic carbocycles. The Balaban J connectivity index is 1.67. The van der Waals surface area contributed by atoms with Crippen LogP contribution in [0.25, 0.3) is 0 Å². The van der Waals surface area contributed by atoms with Crippen LogP contribution in [0.2, 0.25) is 0 Å². The van der Waals surface area contributed by atoms with Crippen LogP contribution in [0.3, 0.4) is 0 Å². The van der Waals surface area contributed by atoms with E-state index in [9.17, 15) is 4.39 Å². The Morgan fingerprint density at radius 3 is 2.52 bits per heavy atom. The minimum absolute atomic E-state index is 0.412. The van der Waals surface area contributed by atoms with Crippen molar-refractivity contribution in [2.75, 3.05) is 5.32 Å². The molecular weight excluding hydrogens is 293 g/mol. The first-order chi connectivity index (χ1) is 11.1. The van der Waals surface area contributed by atoms with Gasteiger partial charge < -0.3 is 5.32 Å². The van der Waals surface area contributed by atoms with Crippen molar-refractivity contribution in [2.45, 2.75) is 26.9 Å². The Labute approximate surface area is 134 Å². The maximum Gasteiger partial charge on any atom is 0.223 e. The normalized spacial score (nSPS) is 10.7. The number of aromatic nitrogens is 4. The van der Waals surface area contributed by atoms with Crippen molar-refractivity contribution >= 4 is 5.95 Å². The Bertz CT molecular complexity index is 795. The molecule has 118 valence electrons. The van der Waals surface area contributed by atoms with Gasteiger partial charge in [-0.25, -0.2) is 14.4 Å². The van der Waals surface area contributed by atoms with E-state index < -0.39 is 5.82 Å². The number of rotatable bonds is 5. The number of nitrogens with one attached hydrogen (secondary N) is 1. The van der Waals surface area contributed by atoms with Crippen LogP contribution >= 0.6 is 0 Å². The fraction of sp³-hybridized carbons (Fsp3) is 0.235. The third-order valence-electron chi connectivity index (χ3n) is 3.50. The quantitative estimate of drug-likeness (QED) is 0.786. The van der Waals surface area contributed by atoms with Gasteiger partial charge in [0.1, 0.15) is 0 Å². The molecule has 0 spiro atoms. The molecule has 3 aromatic rings. The van der Waals surface area contributed by atoms with Gasteiger partial charge >= 0.3 is 0 Å². The number of benzene rings is 1. The zero-order valence-corrected chi connectivity index (χ0v) is 13.1. The summed E-state index contributed by atoms with van der Waals surface area (Å²) in [5.74, 6) is -0.0298. The van der Waals surface area contributed by atoms with Gasteiger partial charge in [0.15, 0.2) is 5.82 Å². The standard InChI is InChI=1S/C17H18FN5/c1-12-6-13(2)23(22-12)11-15-5-3-4-14(7-15)8-19-17-20-9-16(18)10-21-17/h3-7,9-10H,8,11H2,1-2H3,(H,19,20,21). The van der Waals surface area contributed by atoms with Crippen LogP contribution in [0, 0.1) is 19.7 Å². The summed E-state index contributed by atoms with van der Waals surface area (Å²) in [6.07, 6.45) is 2.29. The van der Waals surface area contributed by atoms with Crippen LogP contribution in [0.1, 0.15) is 22.5 Å². The maximum absolute atomic E-state index is 12.8. The van der Waals surface area contributed by atoms with Gasteiger partial charge in [0.25, 0.3) is 0 Å². The van der Waals surface area contributed by atoms with Gasteiger partial charge in [0.05, 0.1) is 24.6 Å². The third-order valence-corrected chi connectivity index (χ3v) is 3.50. The molecule has 0 radical (unpaired) electrons. The molecule has 0 amide bonds. The van der Waals surface area contributed by atoms with Crippen molar-refractivity contribution in [3.05, 3.63) is 71.1 Å². The van der Waals surface area contributed by atoms with Crippen LogP contribution in [0.4, 0.5) is 10.3 Å². The van der Waals surface area contributed by atoms with Crippen molar-refractivity contribution < 1.29 is 4.39 Å². The number of anilines is 1. The molecule has 0 bridgehead atoms. The lowest BCUT2D eigenvalue weighted by atomic mass is 10.1. The lowest BCUT2D eigenvalue weighted by molar-refractivity contribution is 0.614. The molecule has 0 atom stereocenters. The van der Waals surface area contributed by atoms with Gasteiger partial charge in [0, 0.05) is 12.2 Å². The zero-order valence-electron chi connectivity index (χ0n) is 13.1. The Kier molecular flexibility index (Phi) is 4.32. The topological polar surface area (TPSA) is 55.6 Å². The third kappa shape index (κ3) is 3.91. The molecule has 6 heteroatoms. The van der Waals surface area contributed by atoms with E-state index in [0.29, 0.717) is 12.5 Å². The number of hydrogen-bond acceptors (Lipinski definition) is 4. The molecule has 1 N–H and O–H groups in total. The van der Waals surface area contributed by atoms with Crippen molar-refractivity contribution in [3.8, 4) is 0 Å². The molecule has 5 nitrogen and oxygen atoms in total. The molecule has 0 unspecified atom stereocenters. The highest BCUT2D eigenvalue weighted by Gasteiger charge is 2.03. The van der Waals surface area contributed by atoms with Crippen LogP contribution in [0.5, 0.6) is 0 Å². The van der Waals surface area contributed by atoms with Crippen LogP contribution in [-0.2, 0) is 13.1 Å². The first-order valence-electron chi connectivity index (χ1n) is 7.40. The summed E-state index contributed by atoms with van der Waals surface area (Å²) in [6.45, 7) is 5.36. The average molecular weight is 311 g/mol. The molecule has 23 heavy (non-hydrogen) atoms. The van der Waals surface area contributed by atoms with Gasteiger partial charge in [0.2, 0.25) is 5.95 Å². The second kappa shape index (κ2) is 6.56. The highest BCUT2D eigenvalue weighted by Crippen LogP contribution is 2.11. The molecule has 2 aromatic heterocycles. The Morgan fingerprint density at radius 1 is 1.09 bits per heavy atom. The van der Waals surface area contributed by atoms with Crippen LogP contribution in [0.15, 0.2) is 42.7 Å². The predicted molar refractivity (Wildman–Crippen MR) is 86.6 cm³/mol. The monoisotopic (exact) mass is 311 g/mol. The molecule has 0 fully saturated rings. The van der Waals surface area contributed by atoms with E-state index in [4.69, 9.17) is 0 Å². The summed E-state index contributed by atoms with van der Waals surface area (Å²) in [6, 6.07) is 10.3. The molecule has 0 aliphatic rings. The first-order valence-corrected chi connectivity index (χ1v) is 7.40. The van der Waals surface area contributed by atoms with Crippen LogP contribution in [-0.4, -0.2) is 19.7 Å². The summed E-state index contributed by atoms with van der Waals surface area (Å²) < 4.78 is 14.8. The van der Waals surface area contributed by atoms with Gasteiger partial charge in [-0.1, -0.05) is 24.3 Å². The first kappa shape index (κ1) is 15.1. The summed E-state index contributed by atoms with van der Waals surface area (Å²) in [4.78, 5) is 7.77. The van der Waals surface area contributed by atoms with Crippen LogP contribution < -0.4 is 5.32 Å². The smallest absolute Gasteiger partial charge is 0.223 e. The molecule has 0 aliphatic heterocycles. The summed E-state index contributed by atoms with van der Waals surface area (Å²) in [7, 11) is 0. The zero-order chi connectivity index (χ0) is 16.2. The van der Waals surface area contributed by atoms with Gasteiger partial charge in [-0.3, -0.25) is 4.68 Å². The second-order valence-electron chi connectivity index (χ2n) is 5.48. The van der Waals surface area contributed by atoms with Gasteiger partial charge in [-0.2, -0.15) is 5.10 Å². The van der Waals surface area contributed by atoms with Crippen molar-refractivity contribution in [2.24, 2.45) is 0 Å². The number of hydrogen-bond donors (Lipinski definition) is 1. The fourth-order valence-corrected chi connectivity index (χ4v) is 2.43.